The van der Waals surface area contributed by atoms with Crippen molar-refractivity contribution in [1.29, 1.82) is 0 Å². The second-order valence-electron chi connectivity index (χ2n) is 5.07. The van der Waals surface area contributed by atoms with Crippen LogP contribution in [0.4, 0.5) is 5.82 Å². The molecule has 4 nitrogen and oxygen atoms in total. The number of nitrogen functional groups attached to an aromatic ring is 1. The molecule has 0 atom stereocenters. The van der Waals surface area contributed by atoms with Crippen LogP contribution in [0.15, 0.2) is 34.0 Å². The van der Waals surface area contributed by atoms with Gasteiger partial charge in [0, 0.05) is 4.90 Å². The van der Waals surface area contributed by atoms with E-state index in [4.69, 9.17) is 5.73 Å². The summed E-state index contributed by atoms with van der Waals surface area (Å²) in [7, 11) is 0. The Labute approximate surface area is 122 Å². The van der Waals surface area contributed by atoms with E-state index < -0.39 is 0 Å². The summed E-state index contributed by atoms with van der Waals surface area (Å²) in [6, 6.07) is 8.22. The van der Waals surface area contributed by atoms with E-state index in [9.17, 15) is 4.79 Å². The molecule has 106 valence electrons. The molecular weight excluding hydrogens is 270 g/mol. The highest BCUT2D eigenvalue weighted by atomic mass is 32.2. The van der Waals surface area contributed by atoms with Crippen molar-refractivity contribution in [1.82, 2.24) is 9.97 Å². The van der Waals surface area contributed by atoms with Gasteiger partial charge in [-0.3, -0.25) is 4.79 Å². The minimum Gasteiger partial charge on any atom is -0.383 e. The Bertz CT molecular complexity index is 664. The molecule has 0 aliphatic rings. The van der Waals surface area contributed by atoms with Crippen molar-refractivity contribution in [2.45, 2.75) is 37.3 Å². The number of anilines is 1. The number of hydrogen-bond acceptors (Lipinski definition) is 4. The van der Waals surface area contributed by atoms with Crippen LogP contribution >= 0.6 is 11.8 Å². The van der Waals surface area contributed by atoms with E-state index >= 15 is 0 Å². The lowest BCUT2D eigenvalue weighted by atomic mass is 10.1. The van der Waals surface area contributed by atoms with Gasteiger partial charge in [-0.1, -0.05) is 31.5 Å². The highest BCUT2D eigenvalue weighted by Crippen LogP contribution is 2.23. The van der Waals surface area contributed by atoms with Crippen LogP contribution in [-0.4, -0.2) is 9.97 Å². The Kier molecular flexibility index (Phi) is 4.49. The number of benzene rings is 1. The number of aromatic nitrogens is 2. The Morgan fingerprint density at radius 1 is 1.40 bits per heavy atom. The predicted octanol–water partition coefficient (Wildman–Crippen LogP) is 3.08. The van der Waals surface area contributed by atoms with Crippen molar-refractivity contribution in [3.05, 3.63) is 51.6 Å². The molecule has 1 aromatic heterocycles. The second kappa shape index (κ2) is 6.13. The first kappa shape index (κ1) is 14.7. The van der Waals surface area contributed by atoms with Gasteiger partial charge in [-0.15, -0.1) is 11.8 Å². The summed E-state index contributed by atoms with van der Waals surface area (Å²) in [5.74, 6) is 1.62. The Hall–Kier alpha value is -1.75. The molecule has 2 aromatic rings. The highest BCUT2D eigenvalue weighted by molar-refractivity contribution is 7.98. The van der Waals surface area contributed by atoms with Crippen molar-refractivity contribution in [3.63, 3.8) is 0 Å². The van der Waals surface area contributed by atoms with Gasteiger partial charge in [-0.2, -0.15) is 0 Å². The van der Waals surface area contributed by atoms with Crippen molar-refractivity contribution < 1.29 is 0 Å². The number of hydrogen-bond donors (Lipinski definition) is 2. The third-order valence-electron chi connectivity index (χ3n) is 2.98. The molecule has 0 saturated carbocycles. The molecule has 3 N–H and O–H groups in total. The largest absolute Gasteiger partial charge is 0.383 e. The summed E-state index contributed by atoms with van der Waals surface area (Å²) in [6.07, 6.45) is 0. The van der Waals surface area contributed by atoms with Gasteiger partial charge in [0.1, 0.15) is 11.6 Å². The molecule has 0 saturated heterocycles. The number of nitrogens with two attached hydrogens (primary N) is 1. The molecule has 0 spiro atoms. The number of nitrogens with zero attached hydrogens (tertiary/aromatic N) is 1. The quantitative estimate of drug-likeness (QED) is 0.848. The lowest BCUT2D eigenvalue weighted by Crippen LogP contribution is -2.20. The smallest absolute Gasteiger partial charge is 0.256 e. The number of nitrogens with one attached hydrogen (secondary N) is 1. The van der Waals surface area contributed by atoms with E-state index in [0.717, 1.165) is 4.90 Å². The first-order chi connectivity index (χ1) is 9.47. The van der Waals surface area contributed by atoms with Gasteiger partial charge in [0.15, 0.2) is 0 Å². The van der Waals surface area contributed by atoms with Crippen molar-refractivity contribution in [2.24, 2.45) is 0 Å². The van der Waals surface area contributed by atoms with Crippen LogP contribution in [0.1, 0.15) is 36.7 Å². The zero-order valence-corrected chi connectivity index (χ0v) is 12.8. The maximum atomic E-state index is 12.0. The number of H-pyrrole nitrogens is 1. The molecule has 0 aliphatic heterocycles. The topological polar surface area (TPSA) is 71.8 Å². The minimum absolute atomic E-state index is 0.0738. The first-order valence-corrected chi connectivity index (χ1v) is 7.54. The predicted molar refractivity (Wildman–Crippen MR) is 84.1 cm³/mol. The molecule has 0 aliphatic carbocycles. The van der Waals surface area contributed by atoms with E-state index in [2.05, 4.69) is 29.0 Å². The maximum absolute atomic E-state index is 12.0. The Morgan fingerprint density at radius 2 is 2.15 bits per heavy atom. The third kappa shape index (κ3) is 3.42. The monoisotopic (exact) mass is 289 g/mol. The van der Waals surface area contributed by atoms with Gasteiger partial charge >= 0.3 is 0 Å². The lowest BCUT2D eigenvalue weighted by molar-refractivity contribution is 0.824. The van der Waals surface area contributed by atoms with Crippen LogP contribution in [0.25, 0.3) is 0 Å². The summed E-state index contributed by atoms with van der Waals surface area (Å²) in [4.78, 5) is 20.2. The van der Waals surface area contributed by atoms with Crippen molar-refractivity contribution >= 4 is 17.6 Å². The fourth-order valence-electron chi connectivity index (χ4n) is 2.03. The second-order valence-corrected chi connectivity index (χ2v) is 6.12. The van der Waals surface area contributed by atoms with E-state index in [1.165, 1.54) is 5.56 Å². The number of rotatable bonds is 4. The zero-order valence-electron chi connectivity index (χ0n) is 11.9. The maximum Gasteiger partial charge on any atom is 0.256 e. The van der Waals surface area contributed by atoms with Crippen molar-refractivity contribution in [2.75, 3.05) is 5.73 Å². The fraction of sp³-hybridized carbons (Fsp3) is 0.333. The Balaban J connectivity index is 2.17. The lowest BCUT2D eigenvalue weighted by Gasteiger charge is -2.09. The number of aryl methyl sites for hydroxylation is 1. The van der Waals surface area contributed by atoms with Gasteiger partial charge < -0.3 is 10.7 Å². The van der Waals surface area contributed by atoms with Gasteiger partial charge in [0.2, 0.25) is 0 Å². The molecule has 0 amide bonds. The van der Waals surface area contributed by atoms with Crippen LogP contribution in [0.5, 0.6) is 0 Å². The van der Waals surface area contributed by atoms with E-state index in [0.29, 0.717) is 23.0 Å². The summed E-state index contributed by atoms with van der Waals surface area (Å²) in [6.45, 7) is 5.92. The molecule has 0 radical (unpaired) electrons. The van der Waals surface area contributed by atoms with E-state index in [1.807, 2.05) is 26.0 Å². The van der Waals surface area contributed by atoms with Crippen LogP contribution in [-0.2, 0) is 5.75 Å². The summed E-state index contributed by atoms with van der Waals surface area (Å²) in [5.41, 5.74) is 7.52. The molecule has 0 unspecified atom stereocenters. The number of aromatic amines is 1. The molecule has 1 heterocycles. The third-order valence-corrected chi connectivity index (χ3v) is 3.98. The molecule has 20 heavy (non-hydrogen) atoms. The summed E-state index contributed by atoms with van der Waals surface area (Å²) >= 11 is 1.63. The van der Waals surface area contributed by atoms with Crippen LogP contribution < -0.4 is 11.3 Å². The van der Waals surface area contributed by atoms with Crippen molar-refractivity contribution in [3.8, 4) is 0 Å². The normalized spacial score (nSPS) is 11.0. The minimum atomic E-state index is -0.132. The van der Waals surface area contributed by atoms with Gasteiger partial charge in [0.25, 0.3) is 5.56 Å². The van der Waals surface area contributed by atoms with Crippen LogP contribution in [0.2, 0.25) is 0 Å². The summed E-state index contributed by atoms with van der Waals surface area (Å²) in [5, 5.41) is 0. The molecule has 5 heteroatoms. The Morgan fingerprint density at radius 3 is 2.75 bits per heavy atom. The SMILES string of the molecule is Cc1cccc(SCc2nc(N)c(C(C)C)c(=O)[nH]2)c1. The molecule has 1 aromatic carbocycles. The first-order valence-electron chi connectivity index (χ1n) is 6.55. The van der Waals surface area contributed by atoms with Gasteiger partial charge in [0.05, 0.1) is 11.3 Å². The van der Waals surface area contributed by atoms with Gasteiger partial charge in [-0.05, 0) is 25.0 Å². The van der Waals surface area contributed by atoms with E-state index in [1.54, 1.807) is 11.8 Å². The highest BCUT2D eigenvalue weighted by Gasteiger charge is 2.12. The standard InChI is InChI=1S/C15H19N3OS/c1-9(2)13-14(16)17-12(18-15(13)19)8-20-11-6-4-5-10(3)7-11/h4-7,9H,8H2,1-3H3,(H3,16,17,18,19). The van der Waals surface area contributed by atoms with E-state index in [-0.39, 0.29) is 11.5 Å². The number of thioether (sulfide) groups is 1. The van der Waals surface area contributed by atoms with Crippen LogP contribution in [0, 0.1) is 6.92 Å². The molecule has 2 rings (SSSR count). The zero-order chi connectivity index (χ0) is 14.7. The summed E-state index contributed by atoms with van der Waals surface area (Å²) < 4.78 is 0. The molecule has 0 fully saturated rings. The average Bonchev–Trinajstić information content (AvgIpc) is 2.35. The van der Waals surface area contributed by atoms with Crippen LogP contribution in [0.3, 0.4) is 0 Å². The van der Waals surface area contributed by atoms with Gasteiger partial charge in [-0.25, -0.2) is 4.98 Å². The average molecular weight is 289 g/mol. The molecular formula is C15H19N3OS. The fourth-order valence-corrected chi connectivity index (χ4v) is 2.92. The molecule has 0 bridgehead atoms.